The van der Waals surface area contributed by atoms with Gasteiger partial charge in [0.1, 0.15) is 5.82 Å². The second kappa shape index (κ2) is 6.36. The molecule has 0 amide bonds. The minimum atomic E-state index is -4.22. The van der Waals surface area contributed by atoms with E-state index in [2.05, 4.69) is 0 Å². The number of halogens is 4. The van der Waals surface area contributed by atoms with E-state index in [-0.39, 0.29) is 18.6 Å². The van der Waals surface area contributed by atoms with Gasteiger partial charge < -0.3 is 14.9 Å². The normalized spacial score (nSPS) is 12.0. The van der Waals surface area contributed by atoms with Gasteiger partial charge in [-0.15, -0.1) is 0 Å². The molecule has 1 aromatic carbocycles. The third-order valence-electron chi connectivity index (χ3n) is 2.57. The first-order valence-electron chi connectivity index (χ1n) is 5.59. The van der Waals surface area contributed by atoms with Crippen molar-refractivity contribution in [1.82, 2.24) is 4.90 Å². The molecule has 0 aromatic heterocycles. The zero-order chi connectivity index (χ0) is 14.6. The van der Waals surface area contributed by atoms with Gasteiger partial charge in [-0.1, -0.05) is 12.1 Å². The van der Waals surface area contributed by atoms with Crippen LogP contribution in [0.1, 0.15) is 12.0 Å². The summed E-state index contributed by atoms with van der Waals surface area (Å²) in [5, 5.41) is 17.9. The molecule has 0 spiro atoms. The maximum Gasteiger partial charge on any atom is 0.491 e. The Kier molecular flexibility index (Phi) is 5.33. The topological polar surface area (TPSA) is 43.7 Å². The number of rotatable bonds is 5. The first-order chi connectivity index (χ1) is 8.69. The predicted octanol–water partition coefficient (Wildman–Crippen LogP) is 0.890. The van der Waals surface area contributed by atoms with E-state index in [9.17, 15) is 17.6 Å². The van der Waals surface area contributed by atoms with Crippen molar-refractivity contribution in [1.29, 1.82) is 0 Å². The molecule has 0 saturated carbocycles. The zero-order valence-corrected chi connectivity index (χ0v) is 10.3. The second-order valence-corrected chi connectivity index (χ2v) is 4.33. The van der Waals surface area contributed by atoms with Gasteiger partial charge in [0.15, 0.2) is 0 Å². The predicted molar refractivity (Wildman–Crippen MR) is 63.2 cm³/mol. The van der Waals surface area contributed by atoms with Crippen molar-refractivity contribution in [3.8, 4) is 0 Å². The molecular formula is C11H14BF4NO2. The van der Waals surface area contributed by atoms with E-state index >= 15 is 0 Å². The van der Waals surface area contributed by atoms with Crippen LogP contribution in [0, 0.1) is 5.82 Å². The lowest BCUT2D eigenvalue weighted by atomic mass is 9.79. The fraction of sp³-hybridized carbons (Fsp3) is 0.455. The quantitative estimate of drug-likeness (QED) is 0.621. The largest absolute Gasteiger partial charge is 0.491 e. The van der Waals surface area contributed by atoms with Crippen LogP contribution in [0.2, 0.25) is 0 Å². The van der Waals surface area contributed by atoms with Gasteiger partial charge in [0.25, 0.3) is 0 Å². The van der Waals surface area contributed by atoms with Crippen LogP contribution >= 0.6 is 0 Å². The van der Waals surface area contributed by atoms with Gasteiger partial charge in [-0.2, -0.15) is 13.2 Å². The highest BCUT2D eigenvalue weighted by atomic mass is 19.4. The maximum absolute atomic E-state index is 13.2. The third-order valence-corrected chi connectivity index (χ3v) is 2.57. The van der Waals surface area contributed by atoms with Gasteiger partial charge >= 0.3 is 13.3 Å². The standard InChI is InChI=1S/C11H14BF4NO2/c1-17(5-4-11(14,15)16)7-8-2-3-10(13)9(6-8)12(18)19/h2-3,6,18-19H,4-5,7H2,1H3. The molecule has 1 aromatic rings. The smallest absolute Gasteiger partial charge is 0.423 e. The first kappa shape index (κ1) is 15.9. The van der Waals surface area contributed by atoms with Crippen molar-refractivity contribution in [3.05, 3.63) is 29.6 Å². The second-order valence-electron chi connectivity index (χ2n) is 4.33. The highest BCUT2D eigenvalue weighted by Crippen LogP contribution is 2.19. The van der Waals surface area contributed by atoms with E-state index in [1.54, 1.807) is 0 Å². The minimum absolute atomic E-state index is 0.163. The van der Waals surface area contributed by atoms with Gasteiger partial charge in [0.05, 0.1) is 6.42 Å². The lowest BCUT2D eigenvalue weighted by Gasteiger charge is -2.18. The molecule has 0 aliphatic carbocycles. The average molecular weight is 279 g/mol. The molecule has 0 atom stereocenters. The van der Waals surface area contributed by atoms with Crippen LogP contribution < -0.4 is 5.46 Å². The Morgan fingerprint density at radius 1 is 1.26 bits per heavy atom. The Labute approximate surface area is 108 Å². The van der Waals surface area contributed by atoms with Crippen LogP contribution in [0.25, 0.3) is 0 Å². The number of nitrogens with zero attached hydrogens (tertiary/aromatic N) is 1. The molecule has 0 aliphatic heterocycles. The van der Waals surface area contributed by atoms with Crippen molar-refractivity contribution in [2.75, 3.05) is 13.6 Å². The first-order valence-corrected chi connectivity index (χ1v) is 5.59. The summed E-state index contributed by atoms with van der Waals surface area (Å²) < 4.78 is 49.3. The van der Waals surface area contributed by atoms with Gasteiger partial charge in [0, 0.05) is 18.6 Å². The van der Waals surface area contributed by atoms with Crippen molar-refractivity contribution in [2.24, 2.45) is 0 Å². The molecule has 3 nitrogen and oxygen atoms in total. The molecular weight excluding hydrogens is 265 g/mol. The molecule has 0 heterocycles. The third kappa shape index (κ3) is 5.58. The summed E-state index contributed by atoms with van der Waals surface area (Å²) in [5.74, 6) is -0.767. The van der Waals surface area contributed by atoms with Gasteiger partial charge in [-0.25, -0.2) is 4.39 Å². The summed E-state index contributed by atoms with van der Waals surface area (Å²) in [4.78, 5) is 1.42. The molecule has 0 saturated heterocycles. The number of hydrogen-bond donors (Lipinski definition) is 2. The van der Waals surface area contributed by atoms with E-state index in [0.717, 1.165) is 6.07 Å². The maximum atomic E-state index is 13.2. The minimum Gasteiger partial charge on any atom is -0.423 e. The summed E-state index contributed by atoms with van der Waals surface area (Å²) >= 11 is 0. The number of benzene rings is 1. The lowest BCUT2D eigenvalue weighted by Crippen LogP contribution is -2.33. The summed E-state index contributed by atoms with van der Waals surface area (Å²) in [6.45, 7) is -0.0199. The molecule has 0 bridgehead atoms. The van der Waals surface area contributed by atoms with Crippen LogP contribution in [0.5, 0.6) is 0 Å². The number of hydrogen-bond acceptors (Lipinski definition) is 3. The van der Waals surface area contributed by atoms with Crippen molar-refractivity contribution in [2.45, 2.75) is 19.1 Å². The van der Waals surface area contributed by atoms with Crippen molar-refractivity contribution in [3.63, 3.8) is 0 Å². The molecule has 0 radical (unpaired) electrons. The molecule has 0 fully saturated rings. The summed E-state index contributed by atoms with van der Waals surface area (Å²) in [6.07, 6.45) is -5.15. The van der Waals surface area contributed by atoms with Gasteiger partial charge in [0.2, 0.25) is 0 Å². The van der Waals surface area contributed by atoms with Crippen LogP contribution in [0.4, 0.5) is 17.6 Å². The zero-order valence-electron chi connectivity index (χ0n) is 10.3. The Balaban J connectivity index is 2.64. The monoisotopic (exact) mass is 279 g/mol. The van der Waals surface area contributed by atoms with E-state index in [4.69, 9.17) is 10.0 Å². The van der Waals surface area contributed by atoms with E-state index in [1.165, 1.54) is 24.1 Å². The molecule has 0 unspecified atom stereocenters. The molecule has 1 rings (SSSR count). The summed E-state index contributed by atoms with van der Waals surface area (Å²) in [7, 11) is -0.440. The molecule has 0 aliphatic rings. The molecule has 2 N–H and O–H groups in total. The Hall–Kier alpha value is -1.12. The van der Waals surface area contributed by atoms with Gasteiger partial charge in [-0.05, 0) is 18.7 Å². The van der Waals surface area contributed by atoms with Crippen molar-refractivity contribution >= 4 is 12.6 Å². The van der Waals surface area contributed by atoms with Crippen LogP contribution in [-0.4, -0.2) is 41.8 Å². The number of alkyl halides is 3. The summed E-state index contributed by atoms with van der Waals surface area (Å²) in [6, 6.07) is 3.68. The van der Waals surface area contributed by atoms with E-state index in [0.29, 0.717) is 5.56 Å². The van der Waals surface area contributed by atoms with Gasteiger partial charge in [-0.3, -0.25) is 0 Å². The lowest BCUT2D eigenvalue weighted by molar-refractivity contribution is -0.137. The molecule has 8 heteroatoms. The highest BCUT2D eigenvalue weighted by molar-refractivity contribution is 6.58. The fourth-order valence-electron chi connectivity index (χ4n) is 1.60. The SMILES string of the molecule is CN(CCC(F)(F)F)Cc1ccc(F)c(B(O)O)c1. The van der Waals surface area contributed by atoms with E-state index in [1.807, 2.05) is 0 Å². The summed E-state index contributed by atoms with van der Waals surface area (Å²) in [5.41, 5.74) is 0.218. The van der Waals surface area contributed by atoms with Crippen LogP contribution in [0.3, 0.4) is 0 Å². The Morgan fingerprint density at radius 3 is 2.42 bits per heavy atom. The van der Waals surface area contributed by atoms with Crippen LogP contribution in [0.15, 0.2) is 18.2 Å². The fourth-order valence-corrected chi connectivity index (χ4v) is 1.60. The Morgan fingerprint density at radius 2 is 1.89 bits per heavy atom. The molecule has 19 heavy (non-hydrogen) atoms. The van der Waals surface area contributed by atoms with Crippen molar-refractivity contribution < 1.29 is 27.6 Å². The Bertz CT molecular complexity index is 426. The van der Waals surface area contributed by atoms with E-state index < -0.39 is 25.5 Å². The van der Waals surface area contributed by atoms with Crippen LogP contribution in [-0.2, 0) is 6.54 Å². The molecule has 106 valence electrons. The highest BCUT2D eigenvalue weighted by Gasteiger charge is 2.27. The average Bonchev–Trinajstić information content (AvgIpc) is 2.28.